The Hall–Kier alpha value is -2.03. The van der Waals surface area contributed by atoms with Crippen LogP contribution in [-0.4, -0.2) is 67.5 Å². The molecule has 136 valence electrons. The molecule has 0 fully saturated rings. The van der Waals surface area contributed by atoms with Crippen LogP contribution in [0.1, 0.15) is 23.7 Å². The van der Waals surface area contributed by atoms with Crippen molar-refractivity contribution < 1.29 is 39.1 Å². The molecule has 8 nitrogen and oxygen atoms in total. The SMILES string of the molecule is CCCOC(=O)c1cc(OCCO)c(OCCO)c(OCCO)c1. The Labute approximate surface area is 140 Å². The molecule has 0 aliphatic heterocycles. The summed E-state index contributed by atoms with van der Waals surface area (Å²) in [5.74, 6) is -0.0148. The molecular formula is C16H24O8. The van der Waals surface area contributed by atoms with E-state index in [1.54, 1.807) is 0 Å². The van der Waals surface area contributed by atoms with Crippen molar-refractivity contribution in [1.82, 2.24) is 0 Å². The van der Waals surface area contributed by atoms with Gasteiger partial charge in [-0.2, -0.15) is 0 Å². The van der Waals surface area contributed by atoms with Gasteiger partial charge in [-0.15, -0.1) is 0 Å². The minimum absolute atomic E-state index is 0.00933. The summed E-state index contributed by atoms with van der Waals surface area (Å²) in [5, 5.41) is 26.8. The summed E-state index contributed by atoms with van der Waals surface area (Å²) in [6, 6.07) is 2.85. The molecule has 0 aromatic heterocycles. The Morgan fingerprint density at radius 3 is 1.83 bits per heavy atom. The van der Waals surface area contributed by atoms with Crippen LogP contribution in [0.5, 0.6) is 17.2 Å². The molecule has 0 radical (unpaired) electrons. The van der Waals surface area contributed by atoms with Crippen molar-refractivity contribution in [2.45, 2.75) is 13.3 Å². The smallest absolute Gasteiger partial charge is 0.338 e. The molecule has 8 heteroatoms. The lowest BCUT2D eigenvalue weighted by molar-refractivity contribution is 0.0503. The molecule has 0 unspecified atom stereocenters. The second kappa shape index (κ2) is 11.5. The predicted molar refractivity (Wildman–Crippen MR) is 84.8 cm³/mol. The highest BCUT2D eigenvalue weighted by molar-refractivity contribution is 5.91. The second-order valence-corrected chi connectivity index (χ2v) is 4.65. The van der Waals surface area contributed by atoms with Crippen LogP contribution in [0.3, 0.4) is 0 Å². The summed E-state index contributed by atoms with van der Waals surface area (Å²) in [7, 11) is 0. The van der Waals surface area contributed by atoms with Crippen LogP contribution < -0.4 is 14.2 Å². The molecular weight excluding hydrogens is 320 g/mol. The maximum atomic E-state index is 12.1. The highest BCUT2D eigenvalue weighted by Crippen LogP contribution is 2.39. The molecule has 0 saturated carbocycles. The van der Waals surface area contributed by atoms with Crippen molar-refractivity contribution in [2.75, 3.05) is 46.2 Å². The first-order chi connectivity index (χ1) is 11.7. The van der Waals surface area contributed by atoms with E-state index in [2.05, 4.69) is 0 Å². The van der Waals surface area contributed by atoms with Crippen molar-refractivity contribution >= 4 is 5.97 Å². The van der Waals surface area contributed by atoms with E-state index in [4.69, 9.17) is 34.3 Å². The first-order valence-corrected chi connectivity index (χ1v) is 7.74. The zero-order valence-electron chi connectivity index (χ0n) is 13.7. The van der Waals surface area contributed by atoms with Crippen molar-refractivity contribution in [3.05, 3.63) is 17.7 Å². The van der Waals surface area contributed by atoms with Gasteiger partial charge in [-0.05, 0) is 18.6 Å². The Balaban J connectivity index is 3.18. The number of rotatable bonds is 12. The van der Waals surface area contributed by atoms with Crippen LogP contribution in [-0.2, 0) is 4.74 Å². The number of esters is 1. The minimum atomic E-state index is -0.548. The Morgan fingerprint density at radius 2 is 1.38 bits per heavy atom. The van der Waals surface area contributed by atoms with Crippen molar-refractivity contribution in [3.8, 4) is 17.2 Å². The molecule has 0 amide bonds. The summed E-state index contributed by atoms with van der Waals surface area (Å²) in [5.41, 5.74) is 0.195. The van der Waals surface area contributed by atoms with Crippen molar-refractivity contribution in [1.29, 1.82) is 0 Å². The zero-order chi connectivity index (χ0) is 17.8. The fourth-order valence-electron chi connectivity index (χ4n) is 1.79. The molecule has 1 aromatic rings. The molecule has 0 heterocycles. The Bertz CT molecular complexity index is 474. The van der Waals surface area contributed by atoms with E-state index in [0.717, 1.165) is 0 Å². The van der Waals surface area contributed by atoms with Gasteiger partial charge < -0.3 is 34.3 Å². The summed E-state index contributed by atoms with van der Waals surface area (Å²) in [6.07, 6.45) is 0.686. The van der Waals surface area contributed by atoms with Gasteiger partial charge >= 0.3 is 5.97 Å². The van der Waals surface area contributed by atoms with Gasteiger partial charge in [0.05, 0.1) is 32.0 Å². The molecule has 0 spiro atoms. The van der Waals surface area contributed by atoms with E-state index >= 15 is 0 Å². The van der Waals surface area contributed by atoms with Crippen LogP contribution >= 0.6 is 0 Å². The summed E-state index contributed by atoms with van der Waals surface area (Å²) in [4.78, 5) is 12.1. The summed E-state index contributed by atoms with van der Waals surface area (Å²) >= 11 is 0. The zero-order valence-corrected chi connectivity index (χ0v) is 13.7. The van der Waals surface area contributed by atoms with Gasteiger partial charge in [-0.25, -0.2) is 4.79 Å². The molecule has 3 N–H and O–H groups in total. The molecule has 0 atom stereocenters. The van der Waals surface area contributed by atoms with E-state index in [-0.39, 0.29) is 69.1 Å². The Morgan fingerprint density at radius 1 is 0.875 bits per heavy atom. The van der Waals surface area contributed by atoms with Crippen LogP contribution in [0.4, 0.5) is 0 Å². The molecule has 0 aliphatic carbocycles. The maximum Gasteiger partial charge on any atom is 0.338 e. The molecule has 1 rings (SSSR count). The minimum Gasteiger partial charge on any atom is -0.487 e. The largest absolute Gasteiger partial charge is 0.487 e. The number of aliphatic hydroxyl groups excluding tert-OH is 3. The van der Waals surface area contributed by atoms with E-state index < -0.39 is 5.97 Å². The van der Waals surface area contributed by atoms with Crippen molar-refractivity contribution in [3.63, 3.8) is 0 Å². The van der Waals surface area contributed by atoms with E-state index in [9.17, 15) is 4.79 Å². The average molecular weight is 344 g/mol. The normalized spacial score (nSPS) is 10.3. The standard InChI is InChI=1S/C16H24O8/c1-2-6-24-16(20)12-10-13(21-7-3-17)15(23-9-5-19)14(11-12)22-8-4-18/h10-11,17-19H,2-9H2,1H3. The number of hydrogen-bond donors (Lipinski definition) is 3. The van der Waals surface area contributed by atoms with Gasteiger partial charge in [-0.3, -0.25) is 0 Å². The average Bonchev–Trinajstić information content (AvgIpc) is 2.60. The second-order valence-electron chi connectivity index (χ2n) is 4.65. The van der Waals surface area contributed by atoms with Crippen LogP contribution in [0.15, 0.2) is 12.1 Å². The highest BCUT2D eigenvalue weighted by atomic mass is 16.6. The number of benzene rings is 1. The van der Waals surface area contributed by atoms with Crippen LogP contribution in [0.25, 0.3) is 0 Å². The van der Waals surface area contributed by atoms with Gasteiger partial charge in [0.2, 0.25) is 5.75 Å². The lowest BCUT2D eigenvalue weighted by atomic mass is 10.2. The van der Waals surface area contributed by atoms with Crippen LogP contribution in [0, 0.1) is 0 Å². The molecule has 0 saturated heterocycles. The number of ether oxygens (including phenoxy) is 4. The lowest BCUT2D eigenvalue weighted by Gasteiger charge is -2.17. The van der Waals surface area contributed by atoms with Crippen LogP contribution in [0.2, 0.25) is 0 Å². The first kappa shape index (κ1) is 20.0. The van der Waals surface area contributed by atoms with Gasteiger partial charge in [0.1, 0.15) is 19.8 Å². The topological polar surface area (TPSA) is 115 Å². The Kier molecular flexibility index (Phi) is 9.59. The maximum absolute atomic E-state index is 12.1. The number of carbonyl (C=O) groups excluding carboxylic acids is 1. The van der Waals surface area contributed by atoms with E-state index in [1.807, 2.05) is 6.92 Å². The first-order valence-electron chi connectivity index (χ1n) is 7.74. The fourth-order valence-corrected chi connectivity index (χ4v) is 1.79. The monoisotopic (exact) mass is 344 g/mol. The van der Waals surface area contributed by atoms with Gasteiger partial charge in [0.25, 0.3) is 0 Å². The number of hydrogen-bond acceptors (Lipinski definition) is 8. The van der Waals surface area contributed by atoms with E-state index in [0.29, 0.717) is 6.42 Å². The molecule has 1 aromatic carbocycles. The van der Waals surface area contributed by atoms with Gasteiger partial charge in [0, 0.05) is 0 Å². The number of aliphatic hydroxyl groups is 3. The lowest BCUT2D eigenvalue weighted by Crippen LogP contribution is -2.12. The summed E-state index contributed by atoms with van der Waals surface area (Å²) < 4.78 is 21.3. The molecule has 0 aliphatic rings. The van der Waals surface area contributed by atoms with Crippen molar-refractivity contribution in [2.24, 2.45) is 0 Å². The summed E-state index contributed by atoms with van der Waals surface area (Å²) in [6.45, 7) is 1.45. The predicted octanol–water partition coefficient (Wildman–Crippen LogP) is 0.367. The van der Waals surface area contributed by atoms with E-state index in [1.165, 1.54) is 12.1 Å². The molecule has 24 heavy (non-hydrogen) atoms. The fraction of sp³-hybridized carbons (Fsp3) is 0.562. The third kappa shape index (κ3) is 6.23. The van der Waals surface area contributed by atoms with Gasteiger partial charge in [-0.1, -0.05) is 6.92 Å². The molecule has 0 bridgehead atoms. The third-order valence-electron chi connectivity index (χ3n) is 2.73. The number of carbonyl (C=O) groups is 1. The van der Waals surface area contributed by atoms with Gasteiger partial charge in [0.15, 0.2) is 11.5 Å². The highest BCUT2D eigenvalue weighted by Gasteiger charge is 2.19. The quantitative estimate of drug-likeness (QED) is 0.466. The third-order valence-corrected chi connectivity index (χ3v) is 2.73.